The smallest absolute Gasteiger partial charge is 0.437 e. The van der Waals surface area contributed by atoms with Crippen molar-refractivity contribution in [3.8, 4) is 0 Å². The molecule has 1 heterocycles. The zero-order valence-corrected chi connectivity index (χ0v) is 10.4. The summed E-state index contributed by atoms with van der Waals surface area (Å²) in [6.07, 6.45) is -1.78. The normalized spacial score (nSPS) is 16.2. The largest absolute Gasteiger partial charge is 0.461 e. The van der Waals surface area contributed by atoms with Crippen molar-refractivity contribution in [2.24, 2.45) is 5.92 Å². The predicted octanol–water partition coefficient (Wildman–Crippen LogP) is 2.27. The summed E-state index contributed by atoms with van der Waals surface area (Å²) >= 11 is 0. The van der Waals surface area contributed by atoms with Crippen LogP contribution in [0.5, 0.6) is 0 Å². The third kappa shape index (κ3) is 2.87. The first kappa shape index (κ1) is 13.8. The third-order valence-corrected chi connectivity index (χ3v) is 3.13. The molecule has 0 aromatic carbocycles. The minimum atomic E-state index is -4.71. The van der Waals surface area contributed by atoms with E-state index in [0.717, 1.165) is 23.9 Å². The molecule has 19 heavy (non-hydrogen) atoms. The second kappa shape index (κ2) is 5.18. The van der Waals surface area contributed by atoms with Crippen molar-refractivity contribution in [1.82, 2.24) is 15.0 Å². The quantitative estimate of drug-likeness (QED) is 0.792. The van der Waals surface area contributed by atoms with Crippen molar-refractivity contribution in [2.75, 3.05) is 6.61 Å². The summed E-state index contributed by atoms with van der Waals surface area (Å²) in [6.45, 7) is 1.81. The molecule has 0 radical (unpaired) electrons. The van der Waals surface area contributed by atoms with E-state index < -0.39 is 23.5 Å². The number of carbonyl (C=O) groups excluding carboxylic acids is 1. The molecule has 106 valence electrons. The molecule has 1 aromatic rings. The van der Waals surface area contributed by atoms with Gasteiger partial charge in [-0.15, -0.1) is 5.10 Å². The van der Waals surface area contributed by atoms with Gasteiger partial charge in [0.15, 0.2) is 5.69 Å². The van der Waals surface area contributed by atoms with Crippen LogP contribution in [0.2, 0.25) is 0 Å². The van der Waals surface area contributed by atoms with Crippen molar-refractivity contribution in [3.05, 3.63) is 11.4 Å². The Morgan fingerprint density at radius 3 is 2.63 bits per heavy atom. The molecule has 0 amide bonds. The van der Waals surface area contributed by atoms with Crippen molar-refractivity contribution in [1.29, 1.82) is 0 Å². The van der Waals surface area contributed by atoms with E-state index in [0.29, 0.717) is 0 Å². The van der Waals surface area contributed by atoms with Gasteiger partial charge in [-0.1, -0.05) is 11.6 Å². The van der Waals surface area contributed by atoms with Gasteiger partial charge in [0.25, 0.3) is 0 Å². The van der Waals surface area contributed by atoms with Crippen LogP contribution in [-0.4, -0.2) is 27.6 Å². The van der Waals surface area contributed by atoms with Gasteiger partial charge in [-0.2, -0.15) is 13.2 Å². The van der Waals surface area contributed by atoms with E-state index >= 15 is 0 Å². The fraction of sp³-hybridized carbons (Fsp3) is 0.727. The minimum absolute atomic E-state index is 0.00470. The van der Waals surface area contributed by atoms with E-state index in [9.17, 15) is 18.0 Å². The number of hydrogen-bond acceptors (Lipinski definition) is 4. The number of carbonyl (C=O) groups is 1. The molecule has 0 N–H and O–H groups in total. The summed E-state index contributed by atoms with van der Waals surface area (Å²) in [4.78, 5) is 11.7. The molecule has 1 aromatic heterocycles. The average molecular weight is 277 g/mol. The maximum atomic E-state index is 12.8. The highest BCUT2D eigenvalue weighted by atomic mass is 19.4. The van der Waals surface area contributed by atoms with Crippen LogP contribution in [0.4, 0.5) is 13.2 Å². The molecule has 0 bridgehead atoms. The van der Waals surface area contributed by atoms with Gasteiger partial charge < -0.3 is 4.74 Å². The van der Waals surface area contributed by atoms with E-state index in [4.69, 9.17) is 0 Å². The zero-order valence-electron chi connectivity index (χ0n) is 10.4. The van der Waals surface area contributed by atoms with Crippen LogP contribution in [0.1, 0.15) is 42.4 Å². The Labute approximate surface area is 107 Å². The molecule has 2 rings (SSSR count). The van der Waals surface area contributed by atoms with Crippen LogP contribution in [0, 0.1) is 5.92 Å². The van der Waals surface area contributed by atoms with Gasteiger partial charge >= 0.3 is 12.1 Å². The number of rotatable bonds is 4. The second-order valence-electron chi connectivity index (χ2n) is 4.48. The number of halogens is 3. The first-order valence-corrected chi connectivity index (χ1v) is 6.11. The Kier molecular flexibility index (Phi) is 3.77. The van der Waals surface area contributed by atoms with Crippen LogP contribution < -0.4 is 0 Å². The van der Waals surface area contributed by atoms with E-state index in [1.165, 1.54) is 6.92 Å². The number of nitrogens with zero attached hydrogens (tertiary/aromatic N) is 3. The lowest BCUT2D eigenvalue weighted by molar-refractivity contribution is -0.141. The molecule has 1 aliphatic rings. The number of ether oxygens (including phenoxy) is 1. The van der Waals surface area contributed by atoms with Gasteiger partial charge in [-0.25, -0.2) is 9.48 Å². The second-order valence-corrected chi connectivity index (χ2v) is 4.48. The predicted molar refractivity (Wildman–Crippen MR) is 58.3 cm³/mol. The Morgan fingerprint density at radius 1 is 1.47 bits per heavy atom. The topological polar surface area (TPSA) is 57.0 Å². The van der Waals surface area contributed by atoms with Gasteiger partial charge in [-0.3, -0.25) is 0 Å². The fourth-order valence-electron chi connectivity index (χ4n) is 1.95. The zero-order chi connectivity index (χ0) is 14.0. The highest BCUT2D eigenvalue weighted by molar-refractivity contribution is 5.88. The highest BCUT2D eigenvalue weighted by Gasteiger charge is 2.41. The Balaban J connectivity index is 2.31. The molecule has 8 heteroatoms. The first-order valence-electron chi connectivity index (χ1n) is 6.11. The van der Waals surface area contributed by atoms with Crippen molar-refractivity contribution in [2.45, 2.75) is 38.9 Å². The summed E-state index contributed by atoms with van der Waals surface area (Å²) in [5.41, 5.74) is -1.87. The number of alkyl halides is 3. The Morgan fingerprint density at radius 2 is 2.16 bits per heavy atom. The highest BCUT2D eigenvalue weighted by Crippen LogP contribution is 2.32. The van der Waals surface area contributed by atoms with Crippen LogP contribution in [-0.2, 0) is 17.5 Å². The molecular formula is C11H14F3N3O2. The maximum Gasteiger partial charge on any atom is 0.437 e. The third-order valence-electron chi connectivity index (χ3n) is 3.13. The van der Waals surface area contributed by atoms with Crippen molar-refractivity contribution in [3.63, 3.8) is 0 Å². The molecule has 0 atom stereocenters. The molecule has 0 spiro atoms. The van der Waals surface area contributed by atoms with Crippen LogP contribution in [0.25, 0.3) is 0 Å². The lowest BCUT2D eigenvalue weighted by Gasteiger charge is -2.25. The van der Waals surface area contributed by atoms with Gasteiger partial charge in [0.2, 0.25) is 5.69 Å². The van der Waals surface area contributed by atoms with Crippen LogP contribution >= 0.6 is 0 Å². The summed E-state index contributed by atoms with van der Waals surface area (Å²) in [6, 6.07) is 0. The summed E-state index contributed by atoms with van der Waals surface area (Å²) in [5.74, 6) is -0.768. The summed E-state index contributed by atoms with van der Waals surface area (Å²) in [5, 5.41) is 6.54. The molecule has 0 unspecified atom stereocenters. The summed E-state index contributed by atoms with van der Waals surface area (Å²) in [7, 11) is 0. The first-order chi connectivity index (χ1) is 8.93. The van der Waals surface area contributed by atoms with Crippen LogP contribution in [0.15, 0.2) is 0 Å². The monoisotopic (exact) mass is 277 g/mol. The SMILES string of the molecule is CCOC(=O)c1c(C(F)(F)F)nnn1CC1CCC1. The molecule has 0 saturated heterocycles. The van der Waals surface area contributed by atoms with E-state index in [1.807, 2.05) is 0 Å². The van der Waals surface area contributed by atoms with Gasteiger partial charge in [-0.05, 0) is 25.7 Å². The number of hydrogen-bond donors (Lipinski definition) is 0. The number of esters is 1. The lowest BCUT2D eigenvalue weighted by Crippen LogP contribution is -2.24. The molecule has 1 fully saturated rings. The Hall–Kier alpha value is -1.60. The van der Waals surface area contributed by atoms with Gasteiger partial charge in [0, 0.05) is 6.54 Å². The minimum Gasteiger partial charge on any atom is -0.461 e. The Bertz CT molecular complexity index is 466. The lowest BCUT2D eigenvalue weighted by atomic mass is 9.85. The standard InChI is InChI=1S/C11H14F3N3O2/c1-2-19-10(18)8-9(11(12,13)14)15-16-17(8)6-7-4-3-5-7/h7H,2-6H2,1H3. The molecule has 1 aliphatic carbocycles. The molecule has 5 nitrogen and oxygen atoms in total. The number of aromatic nitrogens is 3. The van der Waals surface area contributed by atoms with Crippen molar-refractivity contribution < 1.29 is 22.7 Å². The fourth-order valence-corrected chi connectivity index (χ4v) is 1.95. The van der Waals surface area contributed by atoms with Gasteiger partial charge in [0.05, 0.1) is 6.61 Å². The van der Waals surface area contributed by atoms with Gasteiger partial charge in [0.1, 0.15) is 0 Å². The molecule has 1 saturated carbocycles. The average Bonchev–Trinajstić information content (AvgIpc) is 2.67. The summed E-state index contributed by atoms with van der Waals surface area (Å²) < 4.78 is 44.0. The molecular weight excluding hydrogens is 263 g/mol. The van der Waals surface area contributed by atoms with E-state index in [1.54, 1.807) is 0 Å². The maximum absolute atomic E-state index is 12.8. The molecule has 0 aliphatic heterocycles. The van der Waals surface area contributed by atoms with E-state index in [2.05, 4.69) is 15.0 Å². The van der Waals surface area contributed by atoms with Crippen molar-refractivity contribution >= 4 is 5.97 Å². The van der Waals surface area contributed by atoms with E-state index in [-0.39, 0.29) is 19.1 Å². The van der Waals surface area contributed by atoms with Crippen LogP contribution in [0.3, 0.4) is 0 Å².